The highest BCUT2D eigenvalue weighted by molar-refractivity contribution is 9.11. The summed E-state index contributed by atoms with van der Waals surface area (Å²) >= 11 is 7.16. The summed E-state index contributed by atoms with van der Waals surface area (Å²) in [6.45, 7) is 4.08. The molecule has 0 bridgehead atoms. The van der Waals surface area contributed by atoms with E-state index < -0.39 is 4.92 Å². The average molecular weight is 1150 g/mol. The van der Waals surface area contributed by atoms with Crippen molar-refractivity contribution in [2.75, 3.05) is 116 Å². The number of aromatic amines is 1. The second-order valence-electron chi connectivity index (χ2n) is 18.0. The molecule has 8 aromatic rings. The number of fused-ring (bicyclic) bond motifs is 2. The minimum Gasteiger partial charge on any atom is -0.494 e. The Hall–Kier alpha value is -7.44. The zero-order chi connectivity index (χ0) is 52.8. The van der Waals surface area contributed by atoms with Gasteiger partial charge in [0.25, 0.3) is 11.4 Å². The molecule has 0 atom stereocenters. The predicted molar refractivity (Wildman–Crippen MR) is 304 cm³/mol. The Morgan fingerprint density at radius 2 is 1.19 bits per heavy atom. The van der Waals surface area contributed by atoms with Crippen LogP contribution in [0, 0.1) is 20.2 Å². The van der Waals surface area contributed by atoms with Crippen LogP contribution in [0.1, 0.15) is 13.5 Å². The van der Waals surface area contributed by atoms with E-state index in [1.165, 1.54) is 26.4 Å². The van der Waals surface area contributed by atoms with Gasteiger partial charge in [0, 0.05) is 122 Å². The maximum Gasteiger partial charge on any atom is 0.294 e. The molecule has 21 nitrogen and oxygen atoms in total. The van der Waals surface area contributed by atoms with E-state index in [-0.39, 0.29) is 35.7 Å². The molecule has 1 aliphatic rings. The zero-order valence-corrected chi connectivity index (χ0v) is 45.3. The third kappa shape index (κ3) is 12.4. The topological polar surface area (TPSA) is 223 Å². The summed E-state index contributed by atoms with van der Waals surface area (Å²) in [6, 6.07) is 22.7. The SMILES string of the molecule is C.COc1cc(N(C)CCN(C)C)c([N+](=O)[O-])cc1Nc1ncc(Br)c(-c2c[nH]c3ccccc23)n1.COc1cc(N(C)CCN(C)C)c([N+](=O)[O-])cc1Nc1ncc(Br)c(-c2cn(C3COC3)c3ccccc23)n1. The van der Waals surface area contributed by atoms with Crippen molar-refractivity contribution in [2.24, 2.45) is 0 Å². The Morgan fingerprint density at radius 3 is 1.65 bits per heavy atom. The summed E-state index contributed by atoms with van der Waals surface area (Å²) in [5.41, 5.74) is 7.01. The number of anilines is 6. The fourth-order valence-electron chi connectivity index (χ4n) is 8.31. The number of nitrogens with one attached hydrogen (secondary N) is 3. The van der Waals surface area contributed by atoms with Gasteiger partial charge in [-0.1, -0.05) is 43.8 Å². The lowest BCUT2D eigenvalue weighted by Gasteiger charge is -2.28. The lowest BCUT2D eigenvalue weighted by molar-refractivity contribution is -0.384. The van der Waals surface area contributed by atoms with Crippen molar-refractivity contribution < 1.29 is 24.1 Å². The van der Waals surface area contributed by atoms with Crippen molar-refractivity contribution in [3.8, 4) is 34.0 Å². The van der Waals surface area contributed by atoms with E-state index in [1.54, 1.807) is 24.5 Å². The van der Waals surface area contributed by atoms with Crippen molar-refractivity contribution >= 4 is 99.7 Å². The van der Waals surface area contributed by atoms with Crippen molar-refractivity contribution in [3.05, 3.63) is 127 Å². The van der Waals surface area contributed by atoms with E-state index in [9.17, 15) is 20.2 Å². The maximum atomic E-state index is 12.0. The van der Waals surface area contributed by atoms with Crippen LogP contribution in [0.2, 0.25) is 0 Å². The first kappa shape index (κ1) is 55.3. The van der Waals surface area contributed by atoms with E-state index in [4.69, 9.17) is 19.2 Å². The van der Waals surface area contributed by atoms with Crippen LogP contribution in [-0.4, -0.2) is 145 Å². The van der Waals surface area contributed by atoms with E-state index in [0.29, 0.717) is 77.9 Å². The Morgan fingerprint density at radius 1 is 0.707 bits per heavy atom. The molecular formula is C52H60Br2N14O7. The highest BCUT2D eigenvalue weighted by Crippen LogP contribution is 2.42. The van der Waals surface area contributed by atoms with Crippen LogP contribution in [0.4, 0.5) is 46.0 Å². The molecule has 0 unspecified atom stereocenters. The fourth-order valence-corrected chi connectivity index (χ4v) is 9.12. The summed E-state index contributed by atoms with van der Waals surface area (Å²) < 4.78 is 20.3. The second kappa shape index (κ2) is 24.3. The van der Waals surface area contributed by atoms with Gasteiger partial charge in [0.1, 0.15) is 22.9 Å². The number of nitro groups is 2. The third-order valence-corrected chi connectivity index (χ3v) is 13.6. The second-order valence-corrected chi connectivity index (χ2v) is 19.7. The minimum atomic E-state index is -0.397. The molecule has 0 radical (unpaired) electrons. The summed E-state index contributed by atoms with van der Waals surface area (Å²) in [5, 5.41) is 32.3. The number of nitro benzene ring substituents is 2. The molecule has 4 aromatic carbocycles. The van der Waals surface area contributed by atoms with E-state index in [0.717, 1.165) is 55.0 Å². The van der Waals surface area contributed by atoms with Gasteiger partial charge < -0.3 is 54.0 Å². The fraction of sp³-hybridized carbons (Fsp3) is 0.308. The quantitative estimate of drug-likeness (QED) is 0.0506. The molecule has 0 amide bonds. The van der Waals surface area contributed by atoms with Crippen LogP contribution >= 0.6 is 31.9 Å². The molecule has 9 rings (SSSR count). The number of benzene rings is 4. The highest BCUT2D eigenvalue weighted by atomic mass is 79.9. The molecule has 1 saturated heterocycles. The van der Waals surface area contributed by atoms with Crippen molar-refractivity contribution in [1.82, 2.24) is 39.3 Å². The van der Waals surface area contributed by atoms with Crippen LogP contribution in [-0.2, 0) is 4.74 Å². The molecule has 394 valence electrons. The molecule has 0 aliphatic carbocycles. The molecule has 0 saturated carbocycles. The maximum absolute atomic E-state index is 12.0. The first-order valence-corrected chi connectivity index (χ1v) is 24.9. The van der Waals surface area contributed by atoms with Crippen molar-refractivity contribution in [1.29, 1.82) is 0 Å². The number of aromatic nitrogens is 6. The standard InChI is InChI=1S/C27H30BrN7O4.C24H26BrN7O3.CH4/c1-32(2)9-10-33(3)23-12-25(38-4)21(11-24(23)35(36)37)30-27-29-13-20(28)26(31-27)19-14-34(17-15-39-16-17)22-8-6-5-7-18(19)22;1-30(2)9-10-31(3)20-12-22(35-4)19(11-21(20)32(33)34)28-24-27-14-17(25)23(29-24)16-13-26-18-8-6-5-7-15(16)18;/h5-8,11-14,17H,9-10,15-16H2,1-4H3,(H,29,30,31);5-8,11-14,26H,9-10H2,1-4H3,(H,27,28,29);1H4. The average Bonchev–Trinajstić information content (AvgIpc) is 3.97. The zero-order valence-electron chi connectivity index (χ0n) is 42.1. The molecule has 1 fully saturated rings. The number of halogens is 2. The molecule has 75 heavy (non-hydrogen) atoms. The number of nitrogens with zero attached hydrogens (tertiary/aromatic N) is 11. The van der Waals surface area contributed by atoms with Crippen LogP contribution < -0.4 is 29.9 Å². The van der Waals surface area contributed by atoms with Gasteiger partial charge in [0.15, 0.2) is 0 Å². The number of H-pyrrole nitrogens is 1. The molecule has 3 N–H and O–H groups in total. The van der Waals surface area contributed by atoms with Crippen LogP contribution in [0.3, 0.4) is 0 Å². The van der Waals surface area contributed by atoms with Gasteiger partial charge in [-0.05, 0) is 72.2 Å². The molecule has 0 spiro atoms. The van der Waals surface area contributed by atoms with Crippen molar-refractivity contribution in [2.45, 2.75) is 13.5 Å². The number of likely N-dealkylation sites (N-methyl/N-ethyl adjacent to an activating group) is 4. The highest BCUT2D eigenvalue weighted by Gasteiger charge is 2.27. The molecule has 5 heterocycles. The van der Waals surface area contributed by atoms with E-state index >= 15 is 0 Å². The monoisotopic (exact) mass is 1150 g/mol. The van der Waals surface area contributed by atoms with Gasteiger partial charge in [-0.15, -0.1) is 0 Å². The summed E-state index contributed by atoms with van der Waals surface area (Å²) in [7, 11) is 14.5. The third-order valence-electron chi connectivity index (χ3n) is 12.4. The van der Waals surface area contributed by atoms with E-state index in [1.807, 2.05) is 104 Å². The number of methoxy groups -OCH3 is 2. The molecule has 23 heteroatoms. The lowest BCUT2D eigenvalue weighted by atomic mass is 10.1. The van der Waals surface area contributed by atoms with Gasteiger partial charge in [-0.25, -0.2) is 19.9 Å². The molecular weight excluding hydrogens is 1090 g/mol. The van der Waals surface area contributed by atoms with Crippen LogP contribution in [0.15, 0.2) is 107 Å². The van der Waals surface area contributed by atoms with Gasteiger partial charge in [0.05, 0.1) is 75.0 Å². The van der Waals surface area contributed by atoms with Crippen LogP contribution in [0.5, 0.6) is 11.5 Å². The Kier molecular flexibility index (Phi) is 17.9. The van der Waals surface area contributed by atoms with Gasteiger partial charge >= 0.3 is 0 Å². The summed E-state index contributed by atoms with van der Waals surface area (Å²) in [6.07, 6.45) is 7.31. The first-order valence-electron chi connectivity index (χ1n) is 23.3. The van der Waals surface area contributed by atoms with Gasteiger partial charge in [-0.2, -0.15) is 0 Å². The number of para-hydroxylation sites is 2. The first-order chi connectivity index (χ1) is 35.5. The Labute approximate surface area is 451 Å². The van der Waals surface area contributed by atoms with Crippen molar-refractivity contribution in [3.63, 3.8) is 0 Å². The number of rotatable bonds is 19. The number of hydrogen-bond donors (Lipinski definition) is 3. The van der Waals surface area contributed by atoms with E-state index in [2.05, 4.69) is 85.3 Å². The molecule has 1 aliphatic heterocycles. The largest absolute Gasteiger partial charge is 0.494 e. The summed E-state index contributed by atoms with van der Waals surface area (Å²) in [4.78, 5) is 52.4. The minimum absolute atomic E-state index is 0. The Balaban J connectivity index is 0.000000217. The van der Waals surface area contributed by atoms with Gasteiger partial charge in [-0.3, -0.25) is 20.2 Å². The number of ether oxygens (including phenoxy) is 3. The number of hydrogen-bond acceptors (Lipinski definition) is 17. The normalized spacial score (nSPS) is 12.2. The lowest BCUT2D eigenvalue weighted by Crippen LogP contribution is -2.29. The molecule has 4 aromatic heterocycles. The van der Waals surface area contributed by atoms with Crippen LogP contribution in [0.25, 0.3) is 44.3 Å². The predicted octanol–water partition coefficient (Wildman–Crippen LogP) is 10.8. The summed E-state index contributed by atoms with van der Waals surface area (Å²) in [5.74, 6) is 1.47. The van der Waals surface area contributed by atoms with Gasteiger partial charge in [0.2, 0.25) is 11.9 Å². The Bertz CT molecular complexity index is 3330. The smallest absolute Gasteiger partial charge is 0.294 e.